The van der Waals surface area contributed by atoms with E-state index in [4.69, 9.17) is 4.74 Å². The van der Waals surface area contributed by atoms with Crippen LogP contribution in [0.2, 0.25) is 0 Å². The molecule has 3 rings (SSSR count). The monoisotopic (exact) mass is 345 g/mol. The highest BCUT2D eigenvalue weighted by Crippen LogP contribution is 2.23. The van der Waals surface area contributed by atoms with Gasteiger partial charge in [-0.1, -0.05) is 12.1 Å². The number of carbonyl (C=O) groups excluding carboxylic acids is 1. The fourth-order valence-electron chi connectivity index (χ4n) is 3.76. The lowest BCUT2D eigenvalue weighted by atomic mass is 10.1. The van der Waals surface area contributed by atoms with Gasteiger partial charge in [0.2, 0.25) is 0 Å². The van der Waals surface area contributed by atoms with Gasteiger partial charge in [-0.05, 0) is 70.3 Å². The number of carbonyl (C=O) groups is 1. The van der Waals surface area contributed by atoms with Gasteiger partial charge in [0.15, 0.2) is 0 Å². The van der Waals surface area contributed by atoms with Crippen molar-refractivity contribution in [3.63, 3.8) is 0 Å². The zero-order valence-corrected chi connectivity index (χ0v) is 15.8. The Hall–Kier alpha value is -1.59. The highest BCUT2D eigenvalue weighted by Gasteiger charge is 2.31. The summed E-state index contributed by atoms with van der Waals surface area (Å²) in [7, 11) is 0. The van der Waals surface area contributed by atoms with Gasteiger partial charge in [0.05, 0.1) is 12.7 Å². The van der Waals surface area contributed by atoms with Crippen molar-refractivity contribution in [2.24, 2.45) is 0 Å². The van der Waals surface area contributed by atoms with E-state index in [1.54, 1.807) is 0 Å². The van der Waals surface area contributed by atoms with E-state index in [1.165, 1.54) is 25.9 Å². The molecule has 1 atom stereocenters. The third-order valence-corrected chi connectivity index (χ3v) is 5.37. The molecule has 2 saturated heterocycles. The van der Waals surface area contributed by atoms with Crippen molar-refractivity contribution in [2.75, 3.05) is 31.5 Å². The van der Waals surface area contributed by atoms with Crippen molar-refractivity contribution < 1.29 is 9.53 Å². The average molecular weight is 345 g/mol. The molecule has 0 saturated carbocycles. The Morgan fingerprint density at radius 1 is 1.28 bits per heavy atom. The third kappa shape index (κ3) is 4.53. The Balaban J connectivity index is 1.58. The molecule has 2 heterocycles. The molecule has 2 amide bonds. The molecule has 0 radical (unpaired) electrons. The van der Waals surface area contributed by atoms with Crippen LogP contribution >= 0.6 is 0 Å². The minimum Gasteiger partial charge on any atom is -0.374 e. The number of hydrogen-bond acceptors (Lipinski definition) is 3. The van der Waals surface area contributed by atoms with Crippen LogP contribution in [0.5, 0.6) is 0 Å². The lowest BCUT2D eigenvalue weighted by Gasteiger charge is -2.24. The minimum absolute atomic E-state index is 0.0201. The second-order valence-electron chi connectivity index (χ2n) is 7.51. The van der Waals surface area contributed by atoms with E-state index in [-0.39, 0.29) is 12.1 Å². The quantitative estimate of drug-likeness (QED) is 0.886. The second-order valence-corrected chi connectivity index (χ2v) is 7.51. The van der Waals surface area contributed by atoms with E-state index in [0.717, 1.165) is 36.3 Å². The van der Waals surface area contributed by atoms with Crippen LogP contribution in [0, 0.1) is 6.92 Å². The lowest BCUT2D eigenvalue weighted by Crippen LogP contribution is -2.38. The Bertz CT molecular complexity index is 597. The molecule has 2 fully saturated rings. The molecule has 2 aliphatic rings. The molecular formula is C20H31N3O2. The second kappa shape index (κ2) is 8.19. The molecule has 0 spiro atoms. The van der Waals surface area contributed by atoms with Gasteiger partial charge in [-0.2, -0.15) is 0 Å². The fourth-order valence-corrected chi connectivity index (χ4v) is 3.76. The van der Waals surface area contributed by atoms with Crippen molar-refractivity contribution in [1.82, 2.24) is 9.80 Å². The summed E-state index contributed by atoms with van der Waals surface area (Å²) in [5.74, 6) is 0. The first-order valence-electron chi connectivity index (χ1n) is 9.54. The van der Waals surface area contributed by atoms with Crippen LogP contribution in [0.15, 0.2) is 18.2 Å². The van der Waals surface area contributed by atoms with Gasteiger partial charge in [0.1, 0.15) is 0 Å². The van der Waals surface area contributed by atoms with Gasteiger partial charge in [-0.3, -0.25) is 4.90 Å². The maximum atomic E-state index is 12.7. The Morgan fingerprint density at radius 3 is 2.76 bits per heavy atom. The number of likely N-dealkylation sites (tertiary alicyclic amines) is 2. The van der Waals surface area contributed by atoms with Gasteiger partial charge in [0, 0.05) is 24.8 Å². The topological polar surface area (TPSA) is 44.8 Å². The van der Waals surface area contributed by atoms with Crippen molar-refractivity contribution in [1.29, 1.82) is 0 Å². The van der Waals surface area contributed by atoms with Crippen LogP contribution in [-0.4, -0.2) is 54.2 Å². The molecule has 138 valence electrons. The van der Waals surface area contributed by atoms with E-state index < -0.39 is 0 Å². The normalized spacial score (nSPS) is 21.3. The number of nitrogens with one attached hydrogen (secondary N) is 1. The SMILES string of the molecule is Cc1c(COC(C)C)cccc1NC(=O)N1CCC(N2CCCC2)C1. The summed E-state index contributed by atoms with van der Waals surface area (Å²) in [6, 6.07) is 6.58. The summed E-state index contributed by atoms with van der Waals surface area (Å²) < 4.78 is 5.71. The highest BCUT2D eigenvalue weighted by atomic mass is 16.5. The van der Waals surface area contributed by atoms with Gasteiger partial charge >= 0.3 is 6.03 Å². The molecule has 1 unspecified atom stereocenters. The smallest absolute Gasteiger partial charge is 0.321 e. The molecule has 0 bridgehead atoms. The number of amides is 2. The van der Waals surface area contributed by atoms with E-state index in [1.807, 2.05) is 37.8 Å². The van der Waals surface area contributed by atoms with Gasteiger partial charge < -0.3 is 15.0 Å². The van der Waals surface area contributed by atoms with Crippen molar-refractivity contribution in [3.05, 3.63) is 29.3 Å². The number of nitrogens with zero attached hydrogens (tertiary/aromatic N) is 2. The Kier molecular flexibility index (Phi) is 5.97. The summed E-state index contributed by atoms with van der Waals surface area (Å²) in [5.41, 5.74) is 3.11. The van der Waals surface area contributed by atoms with Crippen molar-refractivity contribution in [2.45, 2.75) is 58.8 Å². The standard InChI is InChI=1S/C20H31N3O2/c1-15(2)25-14-17-7-6-8-19(16(17)3)21-20(24)23-12-9-18(13-23)22-10-4-5-11-22/h6-8,15,18H,4-5,9-14H2,1-3H3,(H,21,24). The van der Waals surface area contributed by atoms with Crippen LogP contribution in [0.25, 0.3) is 0 Å². The number of anilines is 1. The van der Waals surface area contributed by atoms with Crippen LogP contribution < -0.4 is 5.32 Å². The molecule has 5 nitrogen and oxygen atoms in total. The molecule has 0 aliphatic carbocycles. The maximum Gasteiger partial charge on any atom is 0.321 e. The van der Waals surface area contributed by atoms with Gasteiger partial charge in [0.25, 0.3) is 0 Å². The largest absolute Gasteiger partial charge is 0.374 e. The number of rotatable bonds is 5. The zero-order valence-electron chi connectivity index (χ0n) is 15.8. The van der Waals surface area contributed by atoms with Crippen LogP contribution in [0.3, 0.4) is 0 Å². The third-order valence-electron chi connectivity index (χ3n) is 5.37. The predicted molar refractivity (Wildman–Crippen MR) is 101 cm³/mol. The summed E-state index contributed by atoms with van der Waals surface area (Å²) >= 11 is 0. The van der Waals surface area contributed by atoms with E-state index in [2.05, 4.69) is 16.3 Å². The van der Waals surface area contributed by atoms with Gasteiger partial charge in [-0.15, -0.1) is 0 Å². The molecule has 5 heteroatoms. The Labute approximate surface area is 151 Å². The first-order valence-corrected chi connectivity index (χ1v) is 9.54. The lowest BCUT2D eigenvalue weighted by molar-refractivity contribution is 0.0654. The van der Waals surface area contributed by atoms with E-state index >= 15 is 0 Å². The number of hydrogen-bond donors (Lipinski definition) is 1. The van der Waals surface area contributed by atoms with E-state index in [9.17, 15) is 4.79 Å². The summed E-state index contributed by atoms with van der Waals surface area (Å²) in [6.45, 7) is 10.8. The number of ether oxygens (including phenoxy) is 1. The predicted octanol–water partition coefficient (Wildman–Crippen LogP) is 3.62. The molecule has 1 N–H and O–H groups in total. The molecular weight excluding hydrogens is 314 g/mol. The summed E-state index contributed by atoms with van der Waals surface area (Å²) in [6.07, 6.45) is 3.89. The first-order chi connectivity index (χ1) is 12.0. The van der Waals surface area contributed by atoms with E-state index in [0.29, 0.717) is 12.6 Å². The molecule has 0 aromatic heterocycles. The first kappa shape index (κ1) is 18.2. The average Bonchev–Trinajstić information content (AvgIpc) is 3.26. The maximum absolute atomic E-state index is 12.7. The van der Waals surface area contributed by atoms with Gasteiger partial charge in [-0.25, -0.2) is 4.79 Å². The molecule has 1 aromatic rings. The summed E-state index contributed by atoms with van der Waals surface area (Å²) in [5, 5.41) is 3.10. The number of urea groups is 1. The van der Waals surface area contributed by atoms with Crippen LogP contribution in [0.1, 0.15) is 44.2 Å². The molecule has 2 aliphatic heterocycles. The summed E-state index contributed by atoms with van der Waals surface area (Å²) in [4.78, 5) is 17.2. The molecule has 1 aromatic carbocycles. The minimum atomic E-state index is 0.0201. The fraction of sp³-hybridized carbons (Fsp3) is 0.650. The zero-order chi connectivity index (χ0) is 17.8. The van der Waals surface area contributed by atoms with Crippen molar-refractivity contribution >= 4 is 11.7 Å². The number of benzene rings is 1. The van der Waals surface area contributed by atoms with Crippen LogP contribution in [-0.2, 0) is 11.3 Å². The highest BCUT2D eigenvalue weighted by molar-refractivity contribution is 5.90. The van der Waals surface area contributed by atoms with Crippen LogP contribution in [0.4, 0.5) is 10.5 Å². The molecule has 25 heavy (non-hydrogen) atoms. The van der Waals surface area contributed by atoms with Crippen molar-refractivity contribution in [3.8, 4) is 0 Å². The Morgan fingerprint density at radius 2 is 2.04 bits per heavy atom.